The molecule has 3 aromatic rings. The van der Waals surface area contributed by atoms with Gasteiger partial charge < -0.3 is 10.1 Å². The number of carbonyl (C=O) groups excluding carboxylic acids is 2. The molecule has 0 unspecified atom stereocenters. The fourth-order valence-electron chi connectivity index (χ4n) is 2.90. The van der Waals surface area contributed by atoms with Crippen LogP contribution >= 0.6 is 0 Å². The smallest absolute Gasteiger partial charge is 0.331 e. The van der Waals surface area contributed by atoms with Crippen molar-refractivity contribution in [2.75, 3.05) is 26.0 Å². The third kappa shape index (κ3) is 5.37. The summed E-state index contributed by atoms with van der Waals surface area (Å²) in [7, 11) is -0.794. The molecule has 3 rings (SSSR count). The van der Waals surface area contributed by atoms with Gasteiger partial charge in [-0.05, 0) is 36.8 Å². The molecule has 1 amide bonds. The number of para-hydroxylation sites is 1. The van der Waals surface area contributed by atoms with Gasteiger partial charge in [0.1, 0.15) is 0 Å². The van der Waals surface area contributed by atoms with E-state index in [4.69, 9.17) is 4.74 Å². The van der Waals surface area contributed by atoms with Gasteiger partial charge in [0.05, 0.1) is 10.4 Å². The van der Waals surface area contributed by atoms with E-state index in [2.05, 4.69) is 10.3 Å². The normalized spacial score (nSPS) is 11.8. The lowest BCUT2D eigenvalue weighted by Crippen LogP contribution is -2.23. The highest BCUT2D eigenvalue weighted by Gasteiger charge is 2.19. The summed E-state index contributed by atoms with van der Waals surface area (Å²) in [5.74, 6) is -1.27. The van der Waals surface area contributed by atoms with Crippen LogP contribution < -0.4 is 5.32 Å². The van der Waals surface area contributed by atoms with Crippen LogP contribution in [0.4, 0.5) is 5.69 Å². The third-order valence-electron chi connectivity index (χ3n) is 4.67. The van der Waals surface area contributed by atoms with Gasteiger partial charge in [0, 0.05) is 43.0 Å². The predicted octanol–water partition coefficient (Wildman–Crippen LogP) is 2.99. The van der Waals surface area contributed by atoms with Gasteiger partial charge in [-0.1, -0.05) is 30.3 Å². The second kappa shape index (κ2) is 9.71. The summed E-state index contributed by atoms with van der Waals surface area (Å²) in [6.07, 6.45) is 4.48. The first-order valence-corrected chi connectivity index (χ1v) is 11.1. The monoisotopic (exact) mass is 453 g/mol. The van der Waals surface area contributed by atoms with Crippen LogP contribution in [0.15, 0.2) is 65.7 Å². The van der Waals surface area contributed by atoms with Crippen LogP contribution in [0.3, 0.4) is 0 Å². The summed E-state index contributed by atoms with van der Waals surface area (Å²) in [4.78, 5) is 28.6. The number of ether oxygens (including phenoxy) is 1. The van der Waals surface area contributed by atoms with E-state index >= 15 is 0 Å². The number of aryl methyl sites for hydroxylation is 1. The van der Waals surface area contributed by atoms with Crippen molar-refractivity contribution in [3.05, 3.63) is 71.9 Å². The van der Waals surface area contributed by atoms with Crippen molar-refractivity contribution in [2.24, 2.45) is 0 Å². The molecule has 0 saturated carbocycles. The number of esters is 1. The van der Waals surface area contributed by atoms with Gasteiger partial charge in [-0.2, -0.15) is 0 Å². The molecular weight excluding hydrogens is 430 g/mol. The standard InChI is InChI=1S/C23H23N3O5S/c1-16-9-11-19(32(29,30)26(2)3)14-20(16)25-21(27)15-31-22(28)12-10-18-7-4-6-17-8-5-13-24-23(17)18/h4-14H,15H2,1-3H3,(H,25,27)/b12-10+. The van der Waals surface area contributed by atoms with Gasteiger partial charge in [0.15, 0.2) is 6.61 Å². The number of rotatable bonds is 7. The van der Waals surface area contributed by atoms with E-state index in [1.165, 1.54) is 32.3 Å². The summed E-state index contributed by atoms with van der Waals surface area (Å²) in [6.45, 7) is 1.22. The molecule has 1 heterocycles. The third-order valence-corrected chi connectivity index (χ3v) is 6.48. The largest absolute Gasteiger partial charge is 0.452 e. The summed E-state index contributed by atoms with van der Waals surface area (Å²) >= 11 is 0. The molecule has 32 heavy (non-hydrogen) atoms. The minimum atomic E-state index is -3.64. The van der Waals surface area contributed by atoms with Gasteiger partial charge in [-0.3, -0.25) is 9.78 Å². The van der Waals surface area contributed by atoms with Crippen LogP contribution in [0.25, 0.3) is 17.0 Å². The minimum absolute atomic E-state index is 0.0482. The first-order chi connectivity index (χ1) is 15.2. The number of anilines is 1. The Morgan fingerprint density at radius 3 is 2.62 bits per heavy atom. The van der Waals surface area contributed by atoms with E-state index < -0.39 is 28.5 Å². The zero-order valence-electron chi connectivity index (χ0n) is 17.9. The molecule has 0 aliphatic rings. The molecule has 8 nitrogen and oxygen atoms in total. The van der Waals surface area contributed by atoms with Crippen molar-refractivity contribution < 1.29 is 22.7 Å². The molecule has 0 aliphatic carbocycles. The van der Waals surface area contributed by atoms with E-state index in [-0.39, 0.29) is 4.90 Å². The number of nitrogens with zero attached hydrogens (tertiary/aromatic N) is 2. The van der Waals surface area contributed by atoms with E-state index in [1.807, 2.05) is 30.3 Å². The van der Waals surface area contributed by atoms with Crippen molar-refractivity contribution in [3.8, 4) is 0 Å². The minimum Gasteiger partial charge on any atom is -0.452 e. The number of amides is 1. The van der Waals surface area contributed by atoms with E-state index in [0.29, 0.717) is 11.3 Å². The van der Waals surface area contributed by atoms with Gasteiger partial charge in [-0.15, -0.1) is 0 Å². The average molecular weight is 454 g/mol. The van der Waals surface area contributed by atoms with Crippen LogP contribution in [0.1, 0.15) is 11.1 Å². The highest BCUT2D eigenvalue weighted by molar-refractivity contribution is 7.89. The van der Waals surface area contributed by atoms with Gasteiger partial charge in [-0.25, -0.2) is 17.5 Å². The van der Waals surface area contributed by atoms with Gasteiger partial charge in [0.25, 0.3) is 5.91 Å². The van der Waals surface area contributed by atoms with Crippen LogP contribution in [0, 0.1) is 6.92 Å². The number of nitrogens with one attached hydrogen (secondary N) is 1. The maximum absolute atomic E-state index is 12.3. The highest BCUT2D eigenvalue weighted by atomic mass is 32.2. The Labute approximate surface area is 186 Å². The first-order valence-electron chi connectivity index (χ1n) is 9.70. The number of hydrogen-bond donors (Lipinski definition) is 1. The van der Waals surface area contributed by atoms with Crippen LogP contribution in [0.2, 0.25) is 0 Å². The number of pyridine rings is 1. The van der Waals surface area contributed by atoms with Crippen LogP contribution in [-0.4, -0.2) is 50.3 Å². The number of sulfonamides is 1. The molecule has 0 fully saturated rings. The van der Waals surface area contributed by atoms with Crippen LogP contribution in [-0.2, 0) is 24.3 Å². The lowest BCUT2D eigenvalue weighted by Gasteiger charge is -2.14. The second-order valence-electron chi connectivity index (χ2n) is 7.18. The Kier molecular flexibility index (Phi) is 7.01. The Bertz CT molecular complexity index is 1290. The topological polar surface area (TPSA) is 106 Å². The number of fused-ring (bicyclic) bond motifs is 1. The fourth-order valence-corrected chi connectivity index (χ4v) is 3.83. The summed E-state index contributed by atoms with van der Waals surface area (Å²) in [5, 5.41) is 3.52. The van der Waals surface area contributed by atoms with Crippen molar-refractivity contribution in [2.45, 2.75) is 11.8 Å². The van der Waals surface area contributed by atoms with Crippen molar-refractivity contribution in [1.82, 2.24) is 9.29 Å². The Morgan fingerprint density at radius 1 is 1.12 bits per heavy atom. The van der Waals surface area contributed by atoms with E-state index in [1.54, 1.807) is 25.3 Å². The Morgan fingerprint density at radius 2 is 1.88 bits per heavy atom. The molecule has 0 bridgehead atoms. The zero-order chi connectivity index (χ0) is 23.3. The average Bonchev–Trinajstić information content (AvgIpc) is 2.77. The Balaban J connectivity index is 1.62. The van der Waals surface area contributed by atoms with Gasteiger partial charge in [0.2, 0.25) is 10.0 Å². The number of hydrogen-bond acceptors (Lipinski definition) is 6. The molecule has 0 aliphatic heterocycles. The SMILES string of the molecule is Cc1ccc(S(=O)(=O)N(C)C)cc1NC(=O)COC(=O)/C=C/c1cccc2cccnc12. The number of carbonyl (C=O) groups is 2. The molecule has 9 heteroatoms. The molecule has 0 saturated heterocycles. The molecule has 0 spiro atoms. The lowest BCUT2D eigenvalue weighted by molar-refractivity contribution is -0.142. The number of aromatic nitrogens is 1. The lowest BCUT2D eigenvalue weighted by atomic mass is 10.1. The second-order valence-corrected chi connectivity index (χ2v) is 9.33. The molecule has 0 atom stereocenters. The first kappa shape index (κ1) is 23.1. The zero-order valence-corrected chi connectivity index (χ0v) is 18.7. The maximum atomic E-state index is 12.3. The summed E-state index contributed by atoms with van der Waals surface area (Å²) in [6, 6.07) is 13.8. The quantitative estimate of drug-likeness (QED) is 0.436. The molecule has 166 valence electrons. The van der Waals surface area contributed by atoms with Gasteiger partial charge >= 0.3 is 5.97 Å². The van der Waals surface area contributed by atoms with E-state index in [9.17, 15) is 18.0 Å². The van der Waals surface area contributed by atoms with Crippen molar-refractivity contribution >= 4 is 44.6 Å². The molecule has 0 radical (unpaired) electrons. The maximum Gasteiger partial charge on any atom is 0.331 e. The summed E-state index contributed by atoms with van der Waals surface area (Å²) < 4.78 is 30.7. The predicted molar refractivity (Wildman–Crippen MR) is 122 cm³/mol. The molecule has 1 N–H and O–H groups in total. The van der Waals surface area contributed by atoms with E-state index in [0.717, 1.165) is 20.8 Å². The Hall–Kier alpha value is -3.56. The fraction of sp³-hybridized carbons (Fsp3) is 0.174. The van der Waals surface area contributed by atoms with Crippen molar-refractivity contribution in [1.29, 1.82) is 0 Å². The molecule has 1 aromatic heterocycles. The summed E-state index contributed by atoms with van der Waals surface area (Å²) in [5.41, 5.74) is 2.50. The van der Waals surface area contributed by atoms with Crippen LogP contribution in [0.5, 0.6) is 0 Å². The van der Waals surface area contributed by atoms with Crippen molar-refractivity contribution in [3.63, 3.8) is 0 Å². The highest BCUT2D eigenvalue weighted by Crippen LogP contribution is 2.22. The molecule has 2 aromatic carbocycles. The molecular formula is C23H23N3O5S. The number of benzene rings is 2.